The Morgan fingerprint density at radius 1 is 1.58 bits per heavy atom. The molecule has 0 radical (unpaired) electrons. The van der Waals surface area contributed by atoms with Gasteiger partial charge in [-0.3, -0.25) is 4.85 Å². The van der Waals surface area contributed by atoms with Crippen molar-refractivity contribution in [1.82, 2.24) is 0 Å². The highest BCUT2D eigenvalue weighted by molar-refractivity contribution is 5.83. The lowest BCUT2D eigenvalue weighted by molar-refractivity contribution is -0.147. The molecule has 0 heterocycles. The summed E-state index contributed by atoms with van der Waals surface area (Å²) in [6.45, 7) is 9.12. The van der Waals surface area contributed by atoms with Crippen LogP contribution in [0.5, 0.6) is 0 Å². The molecule has 1 aliphatic rings. The maximum Gasteiger partial charge on any atom is 0.393 e. The summed E-state index contributed by atoms with van der Waals surface area (Å²) in [6, 6.07) is 0. The molecule has 0 atom stereocenters. The van der Waals surface area contributed by atoms with E-state index in [1.54, 1.807) is 6.92 Å². The molecule has 0 aromatic heterocycles. The molecule has 0 saturated heterocycles. The summed E-state index contributed by atoms with van der Waals surface area (Å²) < 4.78 is 4.87. The molecule has 3 heteroatoms. The van der Waals surface area contributed by atoms with Crippen LogP contribution in [0.2, 0.25) is 0 Å². The summed E-state index contributed by atoms with van der Waals surface area (Å²) in [5.41, 5.74) is -0.823. The zero-order valence-corrected chi connectivity index (χ0v) is 7.30. The predicted octanol–water partition coefficient (Wildman–Crippen LogP) is 1.78. The van der Waals surface area contributed by atoms with Gasteiger partial charge in [0.2, 0.25) is 0 Å². The van der Waals surface area contributed by atoms with Crippen LogP contribution in [0, 0.1) is 6.57 Å². The van der Waals surface area contributed by atoms with E-state index in [1.165, 1.54) is 0 Å². The molecule has 0 aromatic carbocycles. The zero-order valence-electron chi connectivity index (χ0n) is 7.30. The fourth-order valence-electron chi connectivity index (χ4n) is 1.59. The molecule has 0 aliphatic heterocycles. The van der Waals surface area contributed by atoms with Crippen molar-refractivity contribution < 1.29 is 9.53 Å². The van der Waals surface area contributed by atoms with E-state index in [9.17, 15) is 4.79 Å². The van der Waals surface area contributed by atoms with Gasteiger partial charge in [-0.25, -0.2) is 11.4 Å². The van der Waals surface area contributed by atoms with E-state index in [4.69, 9.17) is 11.3 Å². The molecule has 0 spiro atoms. The van der Waals surface area contributed by atoms with Crippen LogP contribution < -0.4 is 0 Å². The number of hydrogen-bond donors (Lipinski definition) is 0. The van der Waals surface area contributed by atoms with Crippen LogP contribution in [0.1, 0.15) is 32.6 Å². The average Bonchev–Trinajstić information content (AvgIpc) is 2.54. The molecule has 0 unspecified atom stereocenters. The monoisotopic (exact) mass is 167 g/mol. The molecule has 1 rings (SSSR count). The summed E-state index contributed by atoms with van der Waals surface area (Å²) in [5, 5.41) is 0. The van der Waals surface area contributed by atoms with Gasteiger partial charge in [0.15, 0.2) is 0 Å². The average molecular weight is 167 g/mol. The third kappa shape index (κ3) is 1.42. The van der Waals surface area contributed by atoms with E-state index in [0.717, 1.165) is 12.8 Å². The summed E-state index contributed by atoms with van der Waals surface area (Å²) in [4.78, 5) is 14.8. The zero-order chi connectivity index (χ0) is 9.03. The summed E-state index contributed by atoms with van der Waals surface area (Å²) in [6.07, 6.45) is 3.30. The van der Waals surface area contributed by atoms with Crippen LogP contribution in [0.3, 0.4) is 0 Å². The maximum absolute atomic E-state index is 11.4. The number of carbonyl (C=O) groups is 1. The molecule has 3 nitrogen and oxygen atoms in total. The Bertz CT molecular complexity index is 211. The molecule has 12 heavy (non-hydrogen) atoms. The Kier molecular flexibility index (Phi) is 2.69. The number of rotatable bonds is 2. The highest BCUT2D eigenvalue weighted by atomic mass is 16.5. The van der Waals surface area contributed by atoms with Gasteiger partial charge in [-0.15, -0.1) is 0 Å². The van der Waals surface area contributed by atoms with Crippen molar-refractivity contribution in [2.24, 2.45) is 0 Å². The maximum atomic E-state index is 11.4. The Morgan fingerprint density at radius 2 is 2.17 bits per heavy atom. The topological polar surface area (TPSA) is 30.7 Å². The SMILES string of the molecule is [C-]#[N+]C1(C(=O)OCC)CCCC1. The first-order valence-electron chi connectivity index (χ1n) is 4.31. The summed E-state index contributed by atoms with van der Waals surface area (Å²) >= 11 is 0. The minimum Gasteiger partial charge on any atom is -0.460 e. The highest BCUT2D eigenvalue weighted by Crippen LogP contribution is 2.34. The molecule has 0 bridgehead atoms. The van der Waals surface area contributed by atoms with Gasteiger partial charge in [0, 0.05) is 12.8 Å². The third-order valence-electron chi connectivity index (χ3n) is 2.30. The number of esters is 1. The van der Waals surface area contributed by atoms with E-state index in [-0.39, 0.29) is 5.97 Å². The first kappa shape index (κ1) is 9.05. The van der Waals surface area contributed by atoms with Gasteiger partial charge in [-0.1, -0.05) is 0 Å². The van der Waals surface area contributed by atoms with Gasteiger partial charge in [-0.05, 0) is 19.8 Å². The second-order valence-electron chi connectivity index (χ2n) is 3.07. The number of hydrogen-bond acceptors (Lipinski definition) is 2. The minimum atomic E-state index is -0.823. The molecule has 0 N–H and O–H groups in total. The van der Waals surface area contributed by atoms with Crippen molar-refractivity contribution in [3.05, 3.63) is 11.4 Å². The lowest BCUT2D eigenvalue weighted by Gasteiger charge is -2.12. The predicted molar refractivity (Wildman–Crippen MR) is 44.4 cm³/mol. The first-order valence-corrected chi connectivity index (χ1v) is 4.31. The highest BCUT2D eigenvalue weighted by Gasteiger charge is 2.49. The summed E-state index contributed by atoms with van der Waals surface area (Å²) in [5.74, 6) is -0.322. The quantitative estimate of drug-likeness (QED) is 0.463. The fourth-order valence-corrected chi connectivity index (χ4v) is 1.59. The number of nitrogens with zero attached hydrogens (tertiary/aromatic N) is 1. The van der Waals surface area contributed by atoms with Crippen LogP contribution in [0.15, 0.2) is 0 Å². The van der Waals surface area contributed by atoms with Gasteiger partial charge < -0.3 is 4.74 Å². The number of carbonyl (C=O) groups excluding carboxylic acids is 1. The van der Waals surface area contributed by atoms with Gasteiger partial charge in [-0.2, -0.15) is 0 Å². The van der Waals surface area contributed by atoms with E-state index < -0.39 is 5.54 Å². The van der Waals surface area contributed by atoms with Crippen LogP contribution in [0.4, 0.5) is 0 Å². The fraction of sp³-hybridized carbons (Fsp3) is 0.778. The van der Waals surface area contributed by atoms with E-state index >= 15 is 0 Å². The lowest BCUT2D eigenvalue weighted by Crippen LogP contribution is -2.33. The van der Waals surface area contributed by atoms with Crippen molar-refractivity contribution in [3.8, 4) is 0 Å². The largest absolute Gasteiger partial charge is 0.460 e. The second kappa shape index (κ2) is 3.57. The van der Waals surface area contributed by atoms with E-state index in [0.29, 0.717) is 19.4 Å². The first-order chi connectivity index (χ1) is 5.75. The van der Waals surface area contributed by atoms with Crippen LogP contribution in [-0.2, 0) is 9.53 Å². The Labute approximate surface area is 72.5 Å². The van der Waals surface area contributed by atoms with Gasteiger partial charge in [0.25, 0.3) is 0 Å². The van der Waals surface area contributed by atoms with Crippen LogP contribution >= 0.6 is 0 Å². The summed E-state index contributed by atoms with van der Waals surface area (Å²) in [7, 11) is 0. The second-order valence-corrected chi connectivity index (χ2v) is 3.07. The molecule has 1 fully saturated rings. The van der Waals surface area contributed by atoms with Gasteiger partial charge >= 0.3 is 11.5 Å². The lowest BCUT2D eigenvalue weighted by atomic mass is 9.99. The Hall–Kier alpha value is -1.04. The Morgan fingerprint density at radius 3 is 2.58 bits per heavy atom. The molecule has 1 saturated carbocycles. The molecular weight excluding hydrogens is 154 g/mol. The molecule has 0 amide bonds. The molecular formula is C9H13NO2. The van der Waals surface area contributed by atoms with Gasteiger partial charge in [0.1, 0.15) is 0 Å². The van der Waals surface area contributed by atoms with Crippen LogP contribution in [0.25, 0.3) is 4.85 Å². The standard InChI is InChI=1S/C9H13NO2/c1-3-12-8(11)9(10-2)6-4-5-7-9/h3-7H2,1H3. The number of ether oxygens (including phenoxy) is 1. The smallest absolute Gasteiger partial charge is 0.393 e. The van der Waals surface area contributed by atoms with E-state index in [1.807, 2.05) is 0 Å². The van der Waals surface area contributed by atoms with Crippen LogP contribution in [-0.4, -0.2) is 18.1 Å². The van der Waals surface area contributed by atoms with Crippen molar-refractivity contribution in [3.63, 3.8) is 0 Å². The van der Waals surface area contributed by atoms with Crippen molar-refractivity contribution in [2.45, 2.75) is 38.1 Å². The van der Waals surface area contributed by atoms with Crippen molar-refractivity contribution in [2.75, 3.05) is 6.61 Å². The third-order valence-corrected chi connectivity index (χ3v) is 2.30. The van der Waals surface area contributed by atoms with Crippen molar-refractivity contribution in [1.29, 1.82) is 0 Å². The molecule has 66 valence electrons. The molecule has 0 aromatic rings. The van der Waals surface area contributed by atoms with Gasteiger partial charge in [0.05, 0.1) is 6.61 Å². The van der Waals surface area contributed by atoms with Crippen molar-refractivity contribution >= 4 is 5.97 Å². The van der Waals surface area contributed by atoms with E-state index in [2.05, 4.69) is 4.85 Å². The normalized spacial score (nSPS) is 20.0. The molecule has 1 aliphatic carbocycles. The Balaban J connectivity index is 2.67. The minimum absolute atomic E-state index is 0.322.